The van der Waals surface area contributed by atoms with Gasteiger partial charge in [-0.15, -0.1) is 13.2 Å². The van der Waals surface area contributed by atoms with E-state index in [2.05, 4.69) is 25.0 Å². The Bertz CT molecular complexity index is 1310. The molecular formula is C25H27F3N6O5. The number of nitro groups is 1. The third kappa shape index (κ3) is 6.38. The average Bonchev–Trinajstić information content (AvgIpc) is 3.36. The van der Waals surface area contributed by atoms with Crippen molar-refractivity contribution >= 4 is 5.82 Å². The van der Waals surface area contributed by atoms with Gasteiger partial charge in [0.05, 0.1) is 13.2 Å². The number of alkyl halides is 3. The number of nitrogens with one attached hydrogen (secondary N) is 1. The van der Waals surface area contributed by atoms with E-state index in [1.165, 1.54) is 18.3 Å². The zero-order valence-corrected chi connectivity index (χ0v) is 21.1. The first-order valence-electron chi connectivity index (χ1n) is 12.5. The lowest BCUT2D eigenvalue weighted by Gasteiger charge is -2.28. The SMILES string of the molecule is COc1nc(C2CCC(c3ccc(OC(F)(F)F)cc3)CC2)ncc1CN[C@@H]1COc2nc([N+](=O)[O-])cn2C1. The molecule has 0 spiro atoms. The molecule has 39 heavy (non-hydrogen) atoms. The standard InChI is InChI=1S/C25H27F3N6O5/c1-37-23-18(10-29-19-12-33-13-21(34(35)36)31-24(33)38-14-19)11-30-22(32-23)17-4-2-15(3-5-17)16-6-8-20(9-7-16)39-25(26,27)28/h6-9,11,13,15,17,19,29H,2-5,10,12,14H2,1H3/t15?,17?,19-/m0/s1. The molecule has 1 atom stereocenters. The number of nitrogens with zero attached hydrogens (tertiary/aromatic N) is 5. The number of benzene rings is 1. The van der Waals surface area contributed by atoms with E-state index in [9.17, 15) is 23.3 Å². The van der Waals surface area contributed by atoms with E-state index in [1.807, 2.05) is 0 Å². The van der Waals surface area contributed by atoms with Gasteiger partial charge in [-0.2, -0.15) is 4.98 Å². The number of imidazole rings is 1. The summed E-state index contributed by atoms with van der Waals surface area (Å²) in [6, 6.07) is 6.23. The Labute approximate surface area is 221 Å². The van der Waals surface area contributed by atoms with Crippen molar-refractivity contribution in [2.45, 2.75) is 63.0 Å². The largest absolute Gasteiger partial charge is 0.573 e. The Balaban J connectivity index is 1.15. The molecule has 0 bridgehead atoms. The van der Waals surface area contributed by atoms with Crippen LogP contribution in [0.3, 0.4) is 0 Å². The van der Waals surface area contributed by atoms with Crippen molar-refractivity contribution in [2.75, 3.05) is 13.7 Å². The van der Waals surface area contributed by atoms with Crippen molar-refractivity contribution in [1.82, 2.24) is 24.8 Å². The fourth-order valence-corrected chi connectivity index (χ4v) is 5.09. The smallest absolute Gasteiger partial charge is 0.481 e. The van der Waals surface area contributed by atoms with Crippen LogP contribution in [0.15, 0.2) is 36.7 Å². The minimum Gasteiger partial charge on any atom is -0.481 e. The Kier molecular flexibility index (Phi) is 7.55. The minimum atomic E-state index is -4.70. The van der Waals surface area contributed by atoms with E-state index in [4.69, 9.17) is 9.47 Å². The van der Waals surface area contributed by atoms with Gasteiger partial charge < -0.3 is 29.6 Å². The summed E-state index contributed by atoms with van der Waals surface area (Å²) in [5.74, 6) is 1.12. The molecule has 1 fully saturated rings. The number of ether oxygens (including phenoxy) is 3. The second-order valence-corrected chi connectivity index (χ2v) is 9.61. The van der Waals surface area contributed by atoms with Gasteiger partial charge in [0.1, 0.15) is 24.4 Å². The first kappa shape index (κ1) is 26.7. The van der Waals surface area contributed by atoms with Gasteiger partial charge in [0.25, 0.3) is 0 Å². The van der Waals surface area contributed by atoms with Gasteiger partial charge in [-0.1, -0.05) is 12.1 Å². The molecule has 3 aromatic rings. The summed E-state index contributed by atoms with van der Waals surface area (Å²) in [5.41, 5.74) is 1.77. The van der Waals surface area contributed by atoms with Crippen molar-refractivity contribution in [2.24, 2.45) is 0 Å². The zero-order chi connectivity index (χ0) is 27.6. The van der Waals surface area contributed by atoms with Gasteiger partial charge in [-0.3, -0.25) is 4.57 Å². The van der Waals surface area contributed by atoms with E-state index >= 15 is 0 Å². The first-order chi connectivity index (χ1) is 18.7. The van der Waals surface area contributed by atoms with Gasteiger partial charge >= 0.3 is 18.2 Å². The molecule has 0 unspecified atom stereocenters. The van der Waals surface area contributed by atoms with Gasteiger partial charge in [0, 0.05) is 35.8 Å². The van der Waals surface area contributed by atoms with Gasteiger partial charge in [-0.05, 0) is 54.2 Å². The van der Waals surface area contributed by atoms with Crippen molar-refractivity contribution in [3.05, 3.63) is 63.7 Å². The summed E-state index contributed by atoms with van der Waals surface area (Å²) in [6.07, 6.45) is 1.84. The first-order valence-corrected chi connectivity index (χ1v) is 12.5. The molecule has 0 radical (unpaired) electrons. The summed E-state index contributed by atoms with van der Waals surface area (Å²) >= 11 is 0. The van der Waals surface area contributed by atoms with E-state index in [0.29, 0.717) is 31.4 Å². The normalized spacial score (nSPS) is 21.1. The molecule has 14 heteroatoms. The minimum absolute atomic E-state index is 0.0972. The van der Waals surface area contributed by atoms with Crippen LogP contribution in [-0.4, -0.2) is 50.6 Å². The van der Waals surface area contributed by atoms with Crippen LogP contribution in [0.2, 0.25) is 0 Å². The highest BCUT2D eigenvalue weighted by Crippen LogP contribution is 2.40. The molecule has 1 aliphatic carbocycles. The maximum Gasteiger partial charge on any atom is 0.573 e. The number of fused-ring (bicyclic) bond motifs is 1. The number of aromatic nitrogens is 4. The monoisotopic (exact) mass is 548 g/mol. The van der Waals surface area contributed by atoms with Crippen LogP contribution in [0, 0.1) is 10.1 Å². The molecule has 1 saturated carbocycles. The average molecular weight is 549 g/mol. The van der Waals surface area contributed by atoms with E-state index in [1.54, 1.807) is 30.0 Å². The van der Waals surface area contributed by atoms with Crippen LogP contribution in [0.25, 0.3) is 0 Å². The van der Waals surface area contributed by atoms with Crippen LogP contribution in [0.4, 0.5) is 19.0 Å². The highest BCUT2D eigenvalue weighted by Gasteiger charge is 2.32. The van der Waals surface area contributed by atoms with Gasteiger partial charge in [0.15, 0.2) is 0 Å². The highest BCUT2D eigenvalue weighted by atomic mass is 19.4. The molecule has 2 aliphatic rings. The fraction of sp³-hybridized carbons (Fsp3) is 0.480. The Morgan fingerprint density at radius 1 is 1.15 bits per heavy atom. The molecule has 3 heterocycles. The highest BCUT2D eigenvalue weighted by molar-refractivity contribution is 5.30. The number of rotatable bonds is 8. The fourth-order valence-electron chi connectivity index (χ4n) is 5.09. The number of hydrogen-bond acceptors (Lipinski definition) is 9. The van der Waals surface area contributed by atoms with E-state index in [-0.39, 0.29) is 35.5 Å². The molecule has 1 aliphatic heterocycles. The predicted octanol–water partition coefficient (Wildman–Crippen LogP) is 4.48. The van der Waals surface area contributed by atoms with Crippen molar-refractivity contribution in [1.29, 1.82) is 0 Å². The lowest BCUT2D eigenvalue weighted by molar-refractivity contribution is -0.389. The Morgan fingerprint density at radius 3 is 2.54 bits per heavy atom. The molecule has 0 amide bonds. The number of halogens is 3. The van der Waals surface area contributed by atoms with Gasteiger partial charge in [-0.25, -0.2) is 4.98 Å². The molecule has 0 saturated heterocycles. The number of methoxy groups -OCH3 is 1. The quantitative estimate of drug-likeness (QED) is 0.320. The molecule has 208 valence electrons. The molecule has 1 aromatic carbocycles. The van der Waals surface area contributed by atoms with Crippen molar-refractivity contribution in [3.8, 4) is 17.6 Å². The second kappa shape index (κ2) is 11.0. The maximum atomic E-state index is 12.4. The van der Waals surface area contributed by atoms with Crippen LogP contribution in [0.1, 0.15) is 54.5 Å². The summed E-state index contributed by atoms with van der Waals surface area (Å²) in [4.78, 5) is 23.5. The zero-order valence-electron chi connectivity index (χ0n) is 21.1. The Morgan fingerprint density at radius 2 is 1.87 bits per heavy atom. The summed E-state index contributed by atoms with van der Waals surface area (Å²) in [6.45, 7) is 1.21. The lowest BCUT2D eigenvalue weighted by Crippen LogP contribution is -2.41. The molecule has 5 rings (SSSR count). The summed E-state index contributed by atoms with van der Waals surface area (Å²) < 4.78 is 53.9. The molecule has 1 N–H and O–H groups in total. The van der Waals surface area contributed by atoms with Gasteiger partial charge in [0.2, 0.25) is 5.88 Å². The van der Waals surface area contributed by atoms with E-state index < -0.39 is 11.3 Å². The third-order valence-corrected chi connectivity index (χ3v) is 7.04. The molecule has 11 nitrogen and oxygen atoms in total. The Hall–Kier alpha value is -3.94. The van der Waals surface area contributed by atoms with Crippen LogP contribution in [0.5, 0.6) is 17.6 Å². The van der Waals surface area contributed by atoms with E-state index in [0.717, 1.165) is 36.8 Å². The topological polar surface area (TPSA) is 126 Å². The molecule has 2 aromatic heterocycles. The summed E-state index contributed by atoms with van der Waals surface area (Å²) in [5, 5.41) is 14.3. The van der Waals surface area contributed by atoms with Crippen LogP contribution < -0.4 is 19.5 Å². The van der Waals surface area contributed by atoms with Crippen LogP contribution in [-0.2, 0) is 13.1 Å². The number of hydrogen-bond donors (Lipinski definition) is 1. The second-order valence-electron chi connectivity index (χ2n) is 9.61. The van der Waals surface area contributed by atoms with Crippen molar-refractivity contribution < 1.29 is 32.3 Å². The van der Waals surface area contributed by atoms with Crippen molar-refractivity contribution in [3.63, 3.8) is 0 Å². The predicted molar refractivity (Wildman–Crippen MR) is 131 cm³/mol. The lowest BCUT2D eigenvalue weighted by atomic mass is 9.78. The summed E-state index contributed by atoms with van der Waals surface area (Å²) in [7, 11) is 1.55. The molecular weight excluding hydrogens is 521 g/mol. The van der Waals surface area contributed by atoms with Crippen LogP contribution >= 0.6 is 0 Å². The maximum absolute atomic E-state index is 12.4. The third-order valence-electron chi connectivity index (χ3n) is 7.04.